The van der Waals surface area contributed by atoms with Crippen molar-refractivity contribution in [2.45, 2.75) is 19.3 Å². The second-order valence-corrected chi connectivity index (χ2v) is 14.5. The van der Waals surface area contributed by atoms with Crippen molar-refractivity contribution in [3.8, 4) is 33.4 Å². The van der Waals surface area contributed by atoms with E-state index in [2.05, 4.69) is 207 Å². The van der Waals surface area contributed by atoms with Crippen LogP contribution in [0.3, 0.4) is 0 Å². The van der Waals surface area contributed by atoms with Crippen LogP contribution in [0.4, 0.5) is 17.1 Å². The summed E-state index contributed by atoms with van der Waals surface area (Å²) in [4.78, 5) is 2.51. The number of rotatable bonds is 5. The minimum atomic E-state index is -0.246. The fourth-order valence-corrected chi connectivity index (χ4v) is 8.86. The smallest absolute Gasteiger partial charge is 0.0546 e. The van der Waals surface area contributed by atoms with Gasteiger partial charge in [-0.05, 0) is 90.1 Å². The summed E-state index contributed by atoms with van der Waals surface area (Å²) < 4.78 is 0. The molecule has 52 heavy (non-hydrogen) atoms. The van der Waals surface area contributed by atoms with Crippen molar-refractivity contribution in [2.75, 3.05) is 4.90 Å². The molecule has 0 radical (unpaired) electrons. The summed E-state index contributed by atoms with van der Waals surface area (Å²) in [6.07, 6.45) is 0. The predicted octanol–water partition coefficient (Wildman–Crippen LogP) is 14.3. The fourth-order valence-electron chi connectivity index (χ4n) is 8.86. The molecule has 0 aliphatic heterocycles. The maximum Gasteiger partial charge on any atom is 0.0546 e. The van der Waals surface area contributed by atoms with Crippen LogP contribution in [-0.2, 0) is 5.41 Å². The molecule has 0 fully saturated rings. The summed E-state index contributed by atoms with van der Waals surface area (Å²) >= 11 is 0. The van der Waals surface area contributed by atoms with Crippen molar-refractivity contribution in [1.82, 2.24) is 0 Å². The molecular weight excluding hydrogens is 627 g/mol. The number of benzene rings is 9. The van der Waals surface area contributed by atoms with E-state index < -0.39 is 0 Å². The molecule has 1 aliphatic rings. The van der Waals surface area contributed by atoms with Gasteiger partial charge in [-0.15, -0.1) is 0 Å². The lowest BCUT2D eigenvalue weighted by molar-refractivity contribution is 0.667. The third-order valence-corrected chi connectivity index (χ3v) is 11.2. The Balaban J connectivity index is 1.33. The van der Waals surface area contributed by atoms with Gasteiger partial charge in [0, 0.05) is 22.1 Å². The topological polar surface area (TPSA) is 3.24 Å². The van der Waals surface area contributed by atoms with Crippen molar-refractivity contribution in [3.63, 3.8) is 0 Å². The standard InChI is InChI=1S/C51H37N/c1-51(2)45-33-47(41-26-14-16-28-43(41)48(45)49-42-27-15-12-24-39(42)40-25-13-17-29-44(40)50(49)51)52(37-22-10-5-11-23-37)46-32-36(34-18-6-3-7-19-34)30-31-38(46)35-20-8-4-9-21-35/h3-33H,1-2H3. The zero-order valence-corrected chi connectivity index (χ0v) is 29.3. The van der Waals surface area contributed by atoms with E-state index >= 15 is 0 Å². The Morgan fingerprint density at radius 1 is 0.365 bits per heavy atom. The first-order chi connectivity index (χ1) is 25.6. The average molecular weight is 664 g/mol. The highest BCUT2D eigenvalue weighted by Crippen LogP contribution is 2.58. The molecule has 0 N–H and O–H groups in total. The quantitative estimate of drug-likeness (QED) is 0.166. The number of fused-ring (bicyclic) bond motifs is 10. The molecule has 0 aromatic heterocycles. The maximum absolute atomic E-state index is 2.51. The highest BCUT2D eigenvalue weighted by atomic mass is 15.1. The Labute approximate surface area is 305 Å². The van der Waals surface area contributed by atoms with Gasteiger partial charge in [-0.2, -0.15) is 0 Å². The molecule has 0 saturated carbocycles. The van der Waals surface area contributed by atoms with E-state index in [9.17, 15) is 0 Å². The van der Waals surface area contributed by atoms with Gasteiger partial charge in [-0.3, -0.25) is 0 Å². The van der Waals surface area contributed by atoms with Crippen LogP contribution < -0.4 is 4.90 Å². The second kappa shape index (κ2) is 11.8. The van der Waals surface area contributed by atoms with Crippen LogP contribution in [0.5, 0.6) is 0 Å². The van der Waals surface area contributed by atoms with Gasteiger partial charge in [0.2, 0.25) is 0 Å². The SMILES string of the molecule is CC1(C)c2cc(N(c3ccccc3)c3cc(-c4ccccc4)ccc3-c3ccccc3)c3ccccc3c2-c2c1c1ccccc1c1ccccc21. The summed E-state index contributed by atoms with van der Waals surface area (Å²) in [6.45, 7) is 4.85. The molecule has 0 amide bonds. The zero-order chi connectivity index (χ0) is 34.8. The molecule has 1 heteroatoms. The lowest BCUT2D eigenvalue weighted by Crippen LogP contribution is -2.17. The van der Waals surface area contributed by atoms with Gasteiger partial charge < -0.3 is 4.90 Å². The first kappa shape index (κ1) is 30.4. The lowest BCUT2D eigenvalue weighted by Gasteiger charge is -2.31. The van der Waals surface area contributed by atoms with Crippen LogP contribution in [-0.4, -0.2) is 0 Å². The van der Waals surface area contributed by atoms with Crippen molar-refractivity contribution in [1.29, 1.82) is 0 Å². The Morgan fingerprint density at radius 2 is 0.865 bits per heavy atom. The molecule has 246 valence electrons. The molecule has 0 unspecified atom stereocenters. The maximum atomic E-state index is 2.51. The average Bonchev–Trinajstić information content (AvgIpc) is 3.46. The van der Waals surface area contributed by atoms with Crippen molar-refractivity contribution < 1.29 is 0 Å². The third-order valence-electron chi connectivity index (χ3n) is 11.2. The van der Waals surface area contributed by atoms with Crippen LogP contribution in [0.2, 0.25) is 0 Å². The highest BCUT2D eigenvalue weighted by Gasteiger charge is 2.40. The number of anilines is 3. The molecule has 0 spiro atoms. The van der Waals surface area contributed by atoms with E-state index in [1.807, 2.05) is 0 Å². The molecule has 10 rings (SSSR count). The molecule has 0 heterocycles. The Bertz CT molecular complexity index is 2800. The van der Waals surface area contributed by atoms with Crippen LogP contribution >= 0.6 is 0 Å². The van der Waals surface area contributed by atoms with Gasteiger partial charge in [0.25, 0.3) is 0 Å². The van der Waals surface area contributed by atoms with Gasteiger partial charge in [-0.1, -0.05) is 178 Å². The summed E-state index contributed by atoms with van der Waals surface area (Å²) in [5.41, 5.74) is 13.5. The van der Waals surface area contributed by atoms with Gasteiger partial charge in [-0.25, -0.2) is 0 Å². The van der Waals surface area contributed by atoms with Crippen LogP contribution in [0, 0.1) is 0 Å². The molecule has 9 aromatic carbocycles. The number of hydrogen-bond acceptors (Lipinski definition) is 1. The summed E-state index contributed by atoms with van der Waals surface area (Å²) in [6, 6.07) is 68.9. The molecule has 1 nitrogen and oxygen atoms in total. The van der Waals surface area contributed by atoms with E-state index in [-0.39, 0.29) is 5.41 Å². The molecule has 0 atom stereocenters. The minimum Gasteiger partial charge on any atom is -0.309 e. The van der Waals surface area contributed by atoms with E-state index in [1.54, 1.807) is 0 Å². The number of hydrogen-bond donors (Lipinski definition) is 0. The van der Waals surface area contributed by atoms with Crippen molar-refractivity contribution >= 4 is 49.4 Å². The summed E-state index contributed by atoms with van der Waals surface area (Å²) in [5.74, 6) is 0. The first-order valence-electron chi connectivity index (χ1n) is 18.2. The highest BCUT2D eigenvalue weighted by molar-refractivity contribution is 6.22. The van der Waals surface area contributed by atoms with Gasteiger partial charge >= 0.3 is 0 Å². The molecular formula is C51H37N. The van der Waals surface area contributed by atoms with Gasteiger partial charge in [0.05, 0.1) is 11.4 Å². The fraction of sp³-hybridized carbons (Fsp3) is 0.0588. The van der Waals surface area contributed by atoms with Gasteiger partial charge in [0.1, 0.15) is 0 Å². The van der Waals surface area contributed by atoms with Crippen LogP contribution in [0.15, 0.2) is 188 Å². The van der Waals surface area contributed by atoms with E-state index in [1.165, 1.54) is 82.5 Å². The van der Waals surface area contributed by atoms with E-state index in [0.717, 1.165) is 11.4 Å². The number of para-hydroxylation sites is 1. The molecule has 0 bridgehead atoms. The Morgan fingerprint density at radius 3 is 1.52 bits per heavy atom. The number of nitrogens with zero attached hydrogens (tertiary/aromatic N) is 1. The second-order valence-electron chi connectivity index (χ2n) is 14.5. The monoisotopic (exact) mass is 663 g/mol. The van der Waals surface area contributed by atoms with Crippen LogP contribution in [0.1, 0.15) is 25.0 Å². The zero-order valence-electron chi connectivity index (χ0n) is 29.3. The first-order valence-corrected chi connectivity index (χ1v) is 18.2. The summed E-state index contributed by atoms with van der Waals surface area (Å²) in [5, 5.41) is 7.80. The largest absolute Gasteiger partial charge is 0.309 e. The minimum absolute atomic E-state index is 0.246. The molecule has 1 aliphatic carbocycles. The third kappa shape index (κ3) is 4.56. The summed E-state index contributed by atoms with van der Waals surface area (Å²) in [7, 11) is 0. The van der Waals surface area contributed by atoms with E-state index in [4.69, 9.17) is 0 Å². The van der Waals surface area contributed by atoms with E-state index in [0.29, 0.717) is 0 Å². The molecule has 0 saturated heterocycles. The normalized spacial score (nSPS) is 13.0. The predicted molar refractivity (Wildman–Crippen MR) is 222 cm³/mol. The molecule has 9 aromatic rings. The van der Waals surface area contributed by atoms with Crippen LogP contribution in [0.25, 0.3) is 65.7 Å². The Hall–Kier alpha value is -6.44. The van der Waals surface area contributed by atoms with Crippen molar-refractivity contribution in [2.24, 2.45) is 0 Å². The lowest BCUT2D eigenvalue weighted by atomic mass is 9.79. The van der Waals surface area contributed by atoms with Gasteiger partial charge in [0.15, 0.2) is 0 Å². The van der Waals surface area contributed by atoms with Crippen molar-refractivity contribution in [3.05, 3.63) is 199 Å². The Kier molecular flexibility index (Phi) is 6.91.